The van der Waals surface area contributed by atoms with Gasteiger partial charge in [-0.05, 0) is 36.3 Å². The Labute approximate surface area is 129 Å². The van der Waals surface area contributed by atoms with Crippen LogP contribution < -0.4 is 5.32 Å². The Bertz CT molecular complexity index is 667. The zero-order valence-electron chi connectivity index (χ0n) is 12.2. The number of allylic oxidation sites excluding steroid dienone is 1. The van der Waals surface area contributed by atoms with E-state index in [1.807, 2.05) is 31.2 Å². The van der Waals surface area contributed by atoms with E-state index in [2.05, 4.69) is 15.3 Å². The van der Waals surface area contributed by atoms with E-state index in [0.29, 0.717) is 17.7 Å². The maximum atomic E-state index is 12.5. The Hall–Kier alpha value is -2.82. The lowest BCUT2D eigenvalue weighted by molar-refractivity contribution is -0.115. The molecule has 22 heavy (non-hydrogen) atoms. The molecule has 0 saturated heterocycles. The van der Waals surface area contributed by atoms with E-state index in [-0.39, 0.29) is 12.5 Å². The highest BCUT2D eigenvalue weighted by Crippen LogP contribution is 2.26. The number of hydrogen-bond donors (Lipinski definition) is 1. The number of nitrogens with one attached hydrogen (secondary N) is 1. The molecular formula is C17H16N3O2. The van der Waals surface area contributed by atoms with Crippen LogP contribution in [0.1, 0.15) is 24.7 Å². The van der Waals surface area contributed by atoms with Gasteiger partial charge in [0, 0.05) is 12.4 Å². The Morgan fingerprint density at radius 1 is 1.09 bits per heavy atom. The molecule has 0 spiro atoms. The Kier molecular flexibility index (Phi) is 5.54. The van der Waals surface area contributed by atoms with Gasteiger partial charge in [0.15, 0.2) is 0 Å². The normalized spacial score (nSPS) is 11.5. The van der Waals surface area contributed by atoms with Crippen molar-refractivity contribution in [3.05, 3.63) is 60.2 Å². The highest BCUT2D eigenvalue weighted by molar-refractivity contribution is 6.26. The molecule has 1 amide bonds. The molecule has 0 fully saturated rings. The van der Waals surface area contributed by atoms with Gasteiger partial charge in [-0.25, -0.2) is 0 Å². The van der Waals surface area contributed by atoms with Gasteiger partial charge in [0.05, 0.1) is 23.5 Å². The monoisotopic (exact) mass is 294 g/mol. The third kappa shape index (κ3) is 3.63. The van der Waals surface area contributed by atoms with Gasteiger partial charge in [-0.3, -0.25) is 19.6 Å². The van der Waals surface area contributed by atoms with Crippen LogP contribution in [0.5, 0.6) is 0 Å². The fourth-order valence-electron chi connectivity index (χ4n) is 2.15. The molecule has 0 saturated carbocycles. The van der Waals surface area contributed by atoms with Crippen molar-refractivity contribution in [2.45, 2.75) is 13.3 Å². The summed E-state index contributed by atoms with van der Waals surface area (Å²) < 4.78 is 0. The minimum absolute atomic E-state index is 0.158. The molecule has 0 aliphatic carbocycles. The molecule has 5 nitrogen and oxygen atoms in total. The van der Waals surface area contributed by atoms with Crippen molar-refractivity contribution in [2.75, 3.05) is 6.54 Å². The van der Waals surface area contributed by atoms with E-state index in [1.165, 1.54) is 0 Å². The first-order valence-corrected chi connectivity index (χ1v) is 6.97. The summed E-state index contributed by atoms with van der Waals surface area (Å²) in [5.41, 5.74) is 2.48. The fraction of sp³-hybridized carbons (Fsp3) is 0.176. The van der Waals surface area contributed by atoms with Crippen LogP contribution in [-0.4, -0.2) is 28.7 Å². The summed E-state index contributed by atoms with van der Waals surface area (Å²) in [6.45, 7) is 1.79. The van der Waals surface area contributed by atoms with Crippen molar-refractivity contribution in [2.24, 2.45) is 0 Å². The summed E-state index contributed by atoms with van der Waals surface area (Å²) in [4.78, 5) is 31.4. The molecule has 0 unspecified atom stereocenters. The molecule has 1 radical (unpaired) electrons. The lowest BCUT2D eigenvalue weighted by Crippen LogP contribution is -2.27. The number of aromatic nitrogens is 2. The van der Waals surface area contributed by atoms with E-state index >= 15 is 0 Å². The lowest BCUT2D eigenvalue weighted by atomic mass is 9.98. The van der Waals surface area contributed by atoms with Gasteiger partial charge in [-0.15, -0.1) is 0 Å². The number of hydrogen-bond acceptors (Lipinski definition) is 4. The first-order chi connectivity index (χ1) is 10.8. The van der Waals surface area contributed by atoms with E-state index in [4.69, 9.17) is 0 Å². The zero-order valence-corrected chi connectivity index (χ0v) is 12.2. The molecule has 0 aliphatic heterocycles. The van der Waals surface area contributed by atoms with Gasteiger partial charge in [0.2, 0.25) is 6.29 Å². The Morgan fingerprint density at radius 3 is 2.23 bits per heavy atom. The van der Waals surface area contributed by atoms with Crippen molar-refractivity contribution in [3.8, 4) is 0 Å². The first kappa shape index (κ1) is 15.6. The van der Waals surface area contributed by atoms with Crippen molar-refractivity contribution < 1.29 is 9.59 Å². The van der Waals surface area contributed by atoms with Gasteiger partial charge in [-0.2, -0.15) is 0 Å². The SMILES string of the molecule is CC/C(=C(/C(=O)NC[C]=O)c1ccccn1)c1ccccn1. The summed E-state index contributed by atoms with van der Waals surface area (Å²) in [5.74, 6) is -0.357. The van der Waals surface area contributed by atoms with E-state index in [9.17, 15) is 9.59 Å². The second kappa shape index (κ2) is 7.83. The molecule has 0 aliphatic rings. The third-order valence-electron chi connectivity index (χ3n) is 3.10. The minimum atomic E-state index is -0.357. The molecule has 2 aromatic rings. The van der Waals surface area contributed by atoms with Crippen LogP contribution in [0.2, 0.25) is 0 Å². The Morgan fingerprint density at radius 2 is 1.73 bits per heavy atom. The highest BCUT2D eigenvalue weighted by Gasteiger charge is 2.19. The quantitative estimate of drug-likeness (QED) is 0.827. The van der Waals surface area contributed by atoms with Gasteiger partial charge in [0.25, 0.3) is 5.91 Å². The molecule has 0 aromatic carbocycles. The zero-order chi connectivity index (χ0) is 15.8. The number of rotatable bonds is 6. The maximum absolute atomic E-state index is 12.5. The average molecular weight is 294 g/mol. The predicted octanol–water partition coefficient (Wildman–Crippen LogP) is 2.02. The maximum Gasteiger partial charge on any atom is 0.254 e. The van der Waals surface area contributed by atoms with E-state index in [1.54, 1.807) is 30.8 Å². The summed E-state index contributed by atoms with van der Waals surface area (Å²) >= 11 is 0. The summed E-state index contributed by atoms with van der Waals surface area (Å²) in [5, 5.41) is 2.53. The van der Waals surface area contributed by atoms with Crippen molar-refractivity contribution >= 4 is 23.3 Å². The van der Waals surface area contributed by atoms with Crippen LogP contribution in [-0.2, 0) is 9.59 Å². The molecule has 0 bridgehead atoms. The van der Waals surface area contributed by atoms with Gasteiger partial charge < -0.3 is 5.32 Å². The molecule has 111 valence electrons. The number of nitrogens with zero attached hydrogens (tertiary/aromatic N) is 2. The standard InChI is InChI=1S/C17H16N3O2/c1-2-13(14-7-3-5-9-18-14)16(17(22)20-11-12-21)15-8-4-6-10-19-15/h3-10H,2,11H2,1H3,(H,20,22)/b16-13-. The van der Waals surface area contributed by atoms with Gasteiger partial charge >= 0.3 is 0 Å². The van der Waals surface area contributed by atoms with Crippen LogP contribution >= 0.6 is 0 Å². The smallest absolute Gasteiger partial charge is 0.254 e. The number of carbonyl (C=O) groups excluding carboxylic acids is 2. The topological polar surface area (TPSA) is 72.0 Å². The van der Waals surface area contributed by atoms with Crippen molar-refractivity contribution in [1.82, 2.24) is 15.3 Å². The van der Waals surface area contributed by atoms with Crippen molar-refractivity contribution in [3.63, 3.8) is 0 Å². The van der Waals surface area contributed by atoms with Crippen LogP contribution in [0.15, 0.2) is 48.8 Å². The molecular weight excluding hydrogens is 278 g/mol. The largest absolute Gasteiger partial charge is 0.344 e. The minimum Gasteiger partial charge on any atom is -0.344 e. The van der Waals surface area contributed by atoms with Crippen molar-refractivity contribution in [1.29, 1.82) is 0 Å². The van der Waals surface area contributed by atoms with Gasteiger partial charge in [-0.1, -0.05) is 19.1 Å². The predicted molar refractivity (Wildman–Crippen MR) is 84.3 cm³/mol. The second-order valence-electron chi connectivity index (χ2n) is 4.46. The summed E-state index contributed by atoms with van der Waals surface area (Å²) in [7, 11) is 0. The molecule has 2 aromatic heterocycles. The molecule has 2 rings (SSSR count). The van der Waals surface area contributed by atoms with Crippen LogP contribution in [0.25, 0.3) is 11.1 Å². The van der Waals surface area contributed by atoms with E-state index in [0.717, 1.165) is 11.3 Å². The highest BCUT2D eigenvalue weighted by atomic mass is 16.2. The first-order valence-electron chi connectivity index (χ1n) is 6.97. The molecule has 2 heterocycles. The van der Waals surface area contributed by atoms with Crippen LogP contribution in [0, 0.1) is 0 Å². The lowest BCUT2D eigenvalue weighted by Gasteiger charge is -2.13. The summed E-state index contributed by atoms with van der Waals surface area (Å²) in [6, 6.07) is 10.9. The molecule has 5 heteroatoms. The second-order valence-corrected chi connectivity index (χ2v) is 4.46. The fourth-order valence-corrected chi connectivity index (χ4v) is 2.15. The molecule has 1 N–H and O–H groups in total. The van der Waals surface area contributed by atoms with Crippen LogP contribution in [0.4, 0.5) is 0 Å². The third-order valence-corrected chi connectivity index (χ3v) is 3.10. The molecule has 0 atom stereocenters. The Balaban J connectivity index is 2.57. The van der Waals surface area contributed by atoms with E-state index < -0.39 is 0 Å². The summed E-state index contributed by atoms with van der Waals surface area (Å²) in [6.07, 6.45) is 5.58. The number of amides is 1. The van der Waals surface area contributed by atoms with Gasteiger partial charge in [0.1, 0.15) is 0 Å². The number of carbonyl (C=O) groups is 1. The van der Waals surface area contributed by atoms with Crippen LogP contribution in [0.3, 0.4) is 0 Å². The number of pyridine rings is 2. The average Bonchev–Trinajstić information content (AvgIpc) is 2.59.